The van der Waals surface area contributed by atoms with Crippen LogP contribution < -0.4 is 0 Å². The number of aromatic nitrogens is 3. The van der Waals surface area contributed by atoms with Crippen LogP contribution >= 0.6 is 0 Å². The fourth-order valence-corrected chi connectivity index (χ4v) is 2.29. The third-order valence-electron chi connectivity index (χ3n) is 3.09. The van der Waals surface area contributed by atoms with Gasteiger partial charge in [-0.1, -0.05) is 18.2 Å². The maximum atomic E-state index is 9.31. The van der Waals surface area contributed by atoms with Crippen molar-refractivity contribution in [3.8, 4) is 11.8 Å². The minimum atomic E-state index is 0.532. The molecule has 0 saturated carbocycles. The van der Waals surface area contributed by atoms with Gasteiger partial charge in [-0.15, -0.1) is 0 Å². The molecular weight excluding hydrogens is 236 g/mol. The number of nitriles is 1. The van der Waals surface area contributed by atoms with E-state index in [4.69, 9.17) is 0 Å². The molecule has 2 aromatic heterocycles. The molecule has 92 valence electrons. The molecule has 3 aromatic rings. The standard InChI is InChI=1S/C15H12N4/c1-10-7-11(2)19(18-10)15-12(8-16)9-17-14-6-4-3-5-13(14)15/h3-7,9H,1-2H3. The van der Waals surface area contributed by atoms with Crippen molar-refractivity contribution < 1.29 is 0 Å². The zero-order valence-electron chi connectivity index (χ0n) is 10.8. The number of hydrogen-bond donors (Lipinski definition) is 0. The number of hydrogen-bond acceptors (Lipinski definition) is 3. The highest BCUT2D eigenvalue weighted by atomic mass is 15.3. The van der Waals surface area contributed by atoms with Crippen LogP contribution in [0.2, 0.25) is 0 Å². The fourth-order valence-electron chi connectivity index (χ4n) is 2.29. The summed E-state index contributed by atoms with van der Waals surface area (Å²) >= 11 is 0. The number of para-hydroxylation sites is 1. The number of benzene rings is 1. The minimum Gasteiger partial charge on any atom is -0.255 e. The lowest BCUT2D eigenvalue weighted by molar-refractivity contribution is 0.836. The Kier molecular flexibility index (Phi) is 2.53. The van der Waals surface area contributed by atoms with Gasteiger partial charge in [0.2, 0.25) is 0 Å². The van der Waals surface area contributed by atoms with E-state index in [1.807, 2.05) is 48.9 Å². The molecule has 0 aliphatic heterocycles. The fraction of sp³-hybridized carbons (Fsp3) is 0.133. The van der Waals surface area contributed by atoms with Gasteiger partial charge in [0, 0.05) is 17.3 Å². The summed E-state index contributed by atoms with van der Waals surface area (Å²) in [6.45, 7) is 3.93. The molecule has 0 saturated heterocycles. The molecule has 0 N–H and O–H groups in total. The van der Waals surface area contributed by atoms with E-state index in [1.54, 1.807) is 6.20 Å². The van der Waals surface area contributed by atoms with Crippen molar-refractivity contribution in [1.82, 2.24) is 14.8 Å². The average Bonchev–Trinajstić information content (AvgIpc) is 2.76. The van der Waals surface area contributed by atoms with Gasteiger partial charge in [0.05, 0.1) is 22.5 Å². The zero-order chi connectivity index (χ0) is 13.4. The average molecular weight is 248 g/mol. The largest absolute Gasteiger partial charge is 0.255 e. The van der Waals surface area contributed by atoms with Crippen molar-refractivity contribution in [2.75, 3.05) is 0 Å². The summed E-state index contributed by atoms with van der Waals surface area (Å²) in [5.41, 5.74) is 4.14. The van der Waals surface area contributed by atoms with Crippen molar-refractivity contribution in [3.63, 3.8) is 0 Å². The van der Waals surface area contributed by atoms with E-state index in [0.717, 1.165) is 28.0 Å². The first-order chi connectivity index (χ1) is 9.20. The molecule has 0 aliphatic rings. The Morgan fingerprint density at radius 3 is 2.68 bits per heavy atom. The molecule has 0 atom stereocenters. The van der Waals surface area contributed by atoms with Gasteiger partial charge in [-0.05, 0) is 26.0 Å². The Bertz CT molecular complexity index is 809. The molecule has 0 radical (unpaired) electrons. The molecule has 4 nitrogen and oxygen atoms in total. The van der Waals surface area contributed by atoms with Gasteiger partial charge < -0.3 is 0 Å². The van der Waals surface area contributed by atoms with Crippen molar-refractivity contribution >= 4 is 10.9 Å². The monoisotopic (exact) mass is 248 g/mol. The third kappa shape index (κ3) is 1.76. The first-order valence-electron chi connectivity index (χ1n) is 6.02. The molecular formula is C15H12N4. The van der Waals surface area contributed by atoms with E-state index in [2.05, 4.69) is 16.2 Å². The van der Waals surface area contributed by atoms with Gasteiger partial charge in [0.1, 0.15) is 6.07 Å². The molecule has 2 heterocycles. The summed E-state index contributed by atoms with van der Waals surface area (Å²) in [6, 6.07) is 12.0. The van der Waals surface area contributed by atoms with Crippen molar-refractivity contribution in [1.29, 1.82) is 5.26 Å². The van der Waals surface area contributed by atoms with Crippen LogP contribution in [-0.2, 0) is 0 Å². The number of aryl methyl sites for hydroxylation is 2. The predicted octanol–water partition coefficient (Wildman–Crippen LogP) is 2.91. The maximum Gasteiger partial charge on any atom is 0.103 e. The second kappa shape index (κ2) is 4.21. The van der Waals surface area contributed by atoms with Crippen LogP contribution in [0.25, 0.3) is 16.6 Å². The maximum absolute atomic E-state index is 9.31. The van der Waals surface area contributed by atoms with E-state index < -0.39 is 0 Å². The Hall–Kier alpha value is -2.67. The molecule has 0 amide bonds. The summed E-state index contributed by atoms with van der Waals surface area (Å²) in [7, 11) is 0. The van der Waals surface area contributed by atoms with Crippen LogP contribution in [-0.4, -0.2) is 14.8 Å². The first kappa shape index (κ1) is 11.4. The summed E-state index contributed by atoms with van der Waals surface area (Å²) in [4.78, 5) is 4.31. The molecule has 0 fully saturated rings. The van der Waals surface area contributed by atoms with Gasteiger partial charge in [-0.25, -0.2) is 4.68 Å². The zero-order valence-corrected chi connectivity index (χ0v) is 10.8. The summed E-state index contributed by atoms with van der Waals surface area (Å²) in [5.74, 6) is 0. The van der Waals surface area contributed by atoms with Gasteiger partial charge >= 0.3 is 0 Å². The Balaban J connectivity index is 2.44. The lowest BCUT2D eigenvalue weighted by Crippen LogP contribution is -2.04. The highest BCUT2D eigenvalue weighted by molar-refractivity contribution is 5.89. The lowest BCUT2D eigenvalue weighted by atomic mass is 10.1. The quantitative estimate of drug-likeness (QED) is 0.665. The molecule has 19 heavy (non-hydrogen) atoms. The van der Waals surface area contributed by atoms with Gasteiger partial charge in [0.15, 0.2) is 0 Å². The number of fused-ring (bicyclic) bond motifs is 1. The van der Waals surface area contributed by atoms with Crippen LogP contribution in [0, 0.1) is 25.2 Å². The van der Waals surface area contributed by atoms with E-state index in [9.17, 15) is 5.26 Å². The van der Waals surface area contributed by atoms with Crippen molar-refractivity contribution in [3.05, 3.63) is 53.5 Å². The SMILES string of the molecule is Cc1cc(C)n(-c2c(C#N)cnc3ccccc23)n1. The van der Waals surface area contributed by atoms with Gasteiger partial charge in [-0.3, -0.25) is 4.98 Å². The lowest BCUT2D eigenvalue weighted by Gasteiger charge is -2.10. The number of nitrogens with zero attached hydrogens (tertiary/aromatic N) is 4. The van der Waals surface area contributed by atoms with Crippen LogP contribution in [0.5, 0.6) is 0 Å². The van der Waals surface area contributed by atoms with Gasteiger partial charge in [0.25, 0.3) is 0 Å². The van der Waals surface area contributed by atoms with Crippen LogP contribution in [0.15, 0.2) is 36.5 Å². The van der Waals surface area contributed by atoms with Crippen molar-refractivity contribution in [2.24, 2.45) is 0 Å². The summed E-state index contributed by atoms with van der Waals surface area (Å²) in [5, 5.41) is 14.7. The van der Waals surface area contributed by atoms with Gasteiger partial charge in [-0.2, -0.15) is 10.4 Å². The van der Waals surface area contributed by atoms with Crippen LogP contribution in [0.3, 0.4) is 0 Å². The van der Waals surface area contributed by atoms with E-state index in [-0.39, 0.29) is 0 Å². The third-order valence-corrected chi connectivity index (χ3v) is 3.09. The summed E-state index contributed by atoms with van der Waals surface area (Å²) < 4.78 is 1.82. The molecule has 0 unspecified atom stereocenters. The van der Waals surface area contributed by atoms with E-state index >= 15 is 0 Å². The molecule has 0 spiro atoms. The highest BCUT2D eigenvalue weighted by Gasteiger charge is 2.13. The van der Waals surface area contributed by atoms with Crippen LogP contribution in [0.4, 0.5) is 0 Å². The molecule has 0 bridgehead atoms. The summed E-state index contributed by atoms with van der Waals surface area (Å²) in [6.07, 6.45) is 1.61. The Morgan fingerprint density at radius 1 is 1.21 bits per heavy atom. The van der Waals surface area contributed by atoms with Crippen LogP contribution in [0.1, 0.15) is 17.0 Å². The van der Waals surface area contributed by atoms with E-state index in [0.29, 0.717) is 5.56 Å². The molecule has 1 aromatic carbocycles. The Morgan fingerprint density at radius 2 is 2.00 bits per heavy atom. The second-order valence-corrected chi connectivity index (χ2v) is 4.49. The topological polar surface area (TPSA) is 54.5 Å². The molecule has 0 aliphatic carbocycles. The number of pyridine rings is 1. The molecule has 3 rings (SSSR count). The first-order valence-corrected chi connectivity index (χ1v) is 6.02. The van der Waals surface area contributed by atoms with E-state index in [1.165, 1.54) is 0 Å². The highest BCUT2D eigenvalue weighted by Crippen LogP contribution is 2.25. The second-order valence-electron chi connectivity index (χ2n) is 4.49. The molecule has 4 heteroatoms. The predicted molar refractivity (Wildman–Crippen MR) is 73.1 cm³/mol. The van der Waals surface area contributed by atoms with Crippen molar-refractivity contribution in [2.45, 2.75) is 13.8 Å². The Labute approximate surface area is 110 Å². The number of rotatable bonds is 1. The minimum absolute atomic E-state index is 0.532. The normalized spacial score (nSPS) is 10.6. The smallest absolute Gasteiger partial charge is 0.103 e.